The molecule has 5 aromatic carbocycles. The maximum atomic E-state index is 13.3. The number of benzene rings is 5. The highest BCUT2D eigenvalue weighted by molar-refractivity contribution is 8.18. The first kappa shape index (κ1) is 24.0. The zero-order valence-electron chi connectivity index (χ0n) is 20.9. The lowest BCUT2D eigenvalue weighted by Gasteiger charge is -2.14. The van der Waals surface area contributed by atoms with Crippen LogP contribution in [0.4, 0.5) is 4.79 Å². The van der Waals surface area contributed by atoms with Crippen LogP contribution in [0.25, 0.3) is 27.6 Å². The molecule has 0 atom stereocenters. The molecule has 5 aromatic rings. The zero-order valence-corrected chi connectivity index (χ0v) is 21.7. The van der Waals surface area contributed by atoms with Crippen LogP contribution >= 0.6 is 11.8 Å². The Bertz CT molecular complexity index is 1720. The predicted octanol–water partition coefficient (Wildman–Crippen LogP) is 8.12. The summed E-state index contributed by atoms with van der Waals surface area (Å²) in [5, 5.41) is 4.05. The molecule has 0 aliphatic carbocycles. The average molecular weight is 516 g/mol. The first-order valence-electron chi connectivity index (χ1n) is 12.5. The number of hydrogen-bond acceptors (Lipinski definition) is 4. The van der Waals surface area contributed by atoms with Crippen LogP contribution in [0.15, 0.2) is 108 Å². The summed E-state index contributed by atoms with van der Waals surface area (Å²) in [7, 11) is 0. The normalized spacial score (nSPS) is 14.7. The molecule has 0 unspecified atom stereocenters. The van der Waals surface area contributed by atoms with Crippen molar-refractivity contribution in [1.82, 2.24) is 4.90 Å². The Morgan fingerprint density at radius 2 is 1.45 bits per heavy atom. The number of thioether (sulfide) groups is 1. The van der Waals surface area contributed by atoms with Crippen LogP contribution < -0.4 is 4.74 Å². The SMILES string of the molecule is Cc1ccc(CN2C(=O)S/C(=C\c3c(OCc4cccc5ccccc45)ccc4ccccc34)C2=O)cc1. The number of imide groups is 1. The summed E-state index contributed by atoms with van der Waals surface area (Å²) in [4.78, 5) is 27.9. The standard InChI is InChI=1S/C33H25NO3S/c1-22-13-15-23(16-14-22)20-34-32(35)31(38-33(34)36)19-29-28-12-5-3-8-25(28)17-18-30(29)37-21-26-10-6-9-24-7-2-4-11-27(24)26/h2-19H,20-21H2,1H3/b31-19-. The molecule has 0 spiro atoms. The fourth-order valence-electron chi connectivity index (χ4n) is 4.77. The number of aryl methyl sites for hydroxylation is 1. The van der Waals surface area contributed by atoms with Gasteiger partial charge >= 0.3 is 0 Å². The van der Waals surface area contributed by atoms with Gasteiger partial charge in [0, 0.05) is 5.56 Å². The van der Waals surface area contributed by atoms with E-state index in [2.05, 4.69) is 24.3 Å². The van der Waals surface area contributed by atoms with Gasteiger partial charge in [0.05, 0.1) is 11.4 Å². The van der Waals surface area contributed by atoms with Crippen molar-refractivity contribution >= 4 is 50.5 Å². The van der Waals surface area contributed by atoms with Gasteiger partial charge in [-0.1, -0.05) is 103 Å². The van der Waals surface area contributed by atoms with Gasteiger partial charge in [-0.2, -0.15) is 0 Å². The van der Waals surface area contributed by atoms with Crippen molar-refractivity contribution in [3.63, 3.8) is 0 Å². The van der Waals surface area contributed by atoms with E-state index in [-0.39, 0.29) is 17.7 Å². The summed E-state index contributed by atoms with van der Waals surface area (Å²) in [5.74, 6) is 0.385. The molecule has 1 saturated heterocycles. The van der Waals surface area contributed by atoms with Crippen molar-refractivity contribution in [2.75, 3.05) is 0 Å². The number of fused-ring (bicyclic) bond motifs is 2. The molecule has 1 heterocycles. The van der Waals surface area contributed by atoms with Crippen LogP contribution in [-0.4, -0.2) is 16.0 Å². The van der Waals surface area contributed by atoms with Crippen LogP contribution in [0.2, 0.25) is 0 Å². The Balaban J connectivity index is 1.34. The molecular weight excluding hydrogens is 490 g/mol. The van der Waals surface area contributed by atoms with E-state index in [1.54, 1.807) is 6.08 Å². The number of carbonyl (C=O) groups excluding carboxylic acids is 2. The van der Waals surface area contributed by atoms with Crippen LogP contribution in [0, 0.1) is 6.92 Å². The van der Waals surface area contributed by atoms with Crippen LogP contribution in [-0.2, 0) is 17.9 Å². The second kappa shape index (κ2) is 10.2. The molecule has 1 aliphatic heterocycles. The van der Waals surface area contributed by atoms with Gasteiger partial charge < -0.3 is 4.74 Å². The van der Waals surface area contributed by atoms with Crippen molar-refractivity contribution in [3.05, 3.63) is 130 Å². The highest BCUT2D eigenvalue weighted by Crippen LogP contribution is 2.38. The molecule has 0 bridgehead atoms. The molecule has 0 radical (unpaired) electrons. The van der Waals surface area contributed by atoms with Gasteiger partial charge in [-0.3, -0.25) is 14.5 Å². The number of carbonyl (C=O) groups is 2. The van der Waals surface area contributed by atoms with E-state index in [1.807, 2.05) is 85.8 Å². The predicted molar refractivity (Wildman–Crippen MR) is 155 cm³/mol. The van der Waals surface area contributed by atoms with Gasteiger partial charge in [0.15, 0.2) is 0 Å². The van der Waals surface area contributed by atoms with Crippen molar-refractivity contribution in [2.24, 2.45) is 0 Å². The molecule has 186 valence electrons. The van der Waals surface area contributed by atoms with Crippen LogP contribution in [0.1, 0.15) is 22.3 Å². The van der Waals surface area contributed by atoms with Crippen LogP contribution in [0.5, 0.6) is 5.75 Å². The smallest absolute Gasteiger partial charge is 0.293 e. The van der Waals surface area contributed by atoms with E-state index in [9.17, 15) is 9.59 Å². The van der Waals surface area contributed by atoms with E-state index in [0.29, 0.717) is 17.3 Å². The van der Waals surface area contributed by atoms with Crippen LogP contribution in [0.3, 0.4) is 0 Å². The third-order valence-electron chi connectivity index (χ3n) is 6.80. The lowest BCUT2D eigenvalue weighted by Crippen LogP contribution is -2.27. The quantitative estimate of drug-likeness (QED) is 0.214. The van der Waals surface area contributed by atoms with Gasteiger partial charge in [0.2, 0.25) is 0 Å². The average Bonchev–Trinajstić information content (AvgIpc) is 3.21. The molecule has 0 aromatic heterocycles. The minimum absolute atomic E-state index is 0.252. The fourth-order valence-corrected chi connectivity index (χ4v) is 5.59. The molecule has 38 heavy (non-hydrogen) atoms. The molecule has 2 amide bonds. The van der Waals surface area contributed by atoms with E-state index in [1.165, 1.54) is 4.90 Å². The third-order valence-corrected chi connectivity index (χ3v) is 7.71. The van der Waals surface area contributed by atoms with Gasteiger partial charge in [-0.25, -0.2) is 0 Å². The monoisotopic (exact) mass is 515 g/mol. The highest BCUT2D eigenvalue weighted by atomic mass is 32.2. The van der Waals surface area contributed by atoms with Gasteiger partial charge in [0.25, 0.3) is 11.1 Å². The van der Waals surface area contributed by atoms with E-state index < -0.39 is 0 Å². The van der Waals surface area contributed by atoms with Crippen molar-refractivity contribution < 1.29 is 14.3 Å². The van der Waals surface area contributed by atoms with E-state index in [0.717, 1.165) is 55.6 Å². The second-order valence-electron chi connectivity index (χ2n) is 9.38. The molecule has 1 fully saturated rings. The van der Waals surface area contributed by atoms with Crippen molar-refractivity contribution in [3.8, 4) is 5.75 Å². The lowest BCUT2D eigenvalue weighted by molar-refractivity contribution is -0.123. The maximum Gasteiger partial charge on any atom is 0.293 e. The molecule has 5 heteroatoms. The summed E-state index contributed by atoms with van der Waals surface area (Å²) in [6, 6.07) is 34.3. The Hall–Kier alpha value is -4.35. The topological polar surface area (TPSA) is 46.6 Å². The van der Waals surface area contributed by atoms with E-state index in [4.69, 9.17) is 4.74 Å². The lowest BCUT2D eigenvalue weighted by atomic mass is 10.0. The molecule has 0 N–H and O–H groups in total. The Morgan fingerprint density at radius 1 is 0.763 bits per heavy atom. The van der Waals surface area contributed by atoms with Gasteiger partial charge in [0.1, 0.15) is 12.4 Å². The molecular formula is C33H25NO3S. The number of ether oxygens (including phenoxy) is 1. The zero-order chi connectivity index (χ0) is 26.1. The van der Waals surface area contributed by atoms with Crippen molar-refractivity contribution in [2.45, 2.75) is 20.1 Å². The largest absolute Gasteiger partial charge is 0.488 e. The Morgan fingerprint density at radius 3 is 2.24 bits per heavy atom. The van der Waals surface area contributed by atoms with E-state index >= 15 is 0 Å². The summed E-state index contributed by atoms with van der Waals surface area (Å²) in [6.07, 6.45) is 1.81. The number of nitrogens with zero attached hydrogens (tertiary/aromatic N) is 1. The maximum absolute atomic E-state index is 13.3. The highest BCUT2D eigenvalue weighted by Gasteiger charge is 2.35. The first-order chi connectivity index (χ1) is 18.6. The molecule has 0 saturated carbocycles. The minimum atomic E-state index is -0.284. The summed E-state index contributed by atoms with van der Waals surface area (Å²) in [5.41, 5.74) is 3.93. The summed E-state index contributed by atoms with van der Waals surface area (Å²) < 4.78 is 6.38. The van der Waals surface area contributed by atoms with Gasteiger partial charge in [-0.15, -0.1) is 0 Å². The second-order valence-corrected chi connectivity index (χ2v) is 10.4. The fraction of sp³-hybridized carbons (Fsp3) is 0.0909. The molecule has 1 aliphatic rings. The third kappa shape index (κ3) is 4.69. The number of amides is 2. The summed E-state index contributed by atoms with van der Waals surface area (Å²) in [6.45, 7) is 2.65. The minimum Gasteiger partial charge on any atom is -0.488 e. The van der Waals surface area contributed by atoms with Gasteiger partial charge in [-0.05, 0) is 63.5 Å². The Labute approximate surface area is 225 Å². The Kier molecular flexibility index (Phi) is 6.44. The number of hydrogen-bond donors (Lipinski definition) is 0. The summed E-state index contributed by atoms with van der Waals surface area (Å²) >= 11 is 0.976. The molecule has 4 nitrogen and oxygen atoms in total. The molecule has 6 rings (SSSR count). The van der Waals surface area contributed by atoms with Crippen molar-refractivity contribution in [1.29, 1.82) is 0 Å². The number of rotatable bonds is 6. The first-order valence-corrected chi connectivity index (χ1v) is 13.3.